The third-order valence-corrected chi connectivity index (χ3v) is 4.15. The third-order valence-electron chi connectivity index (χ3n) is 3.98. The zero-order valence-corrected chi connectivity index (χ0v) is 15.6. The van der Waals surface area contributed by atoms with Crippen LogP contribution in [0, 0.1) is 20.8 Å². The Kier molecular flexibility index (Phi) is 5.15. The first-order valence-electron chi connectivity index (χ1n) is 8.18. The lowest BCUT2D eigenvalue weighted by Gasteiger charge is -2.11. The highest BCUT2D eigenvalue weighted by Gasteiger charge is 2.16. The van der Waals surface area contributed by atoms with Crippen molar-refractivity contribution >= 4 is 34.1 Å². The Balaban J connectivity index is 2.04. The second-order valence-corrected chi connectivity index (χ2v) is 6.13. The molecule has 0 saturated carbocycles. The Morgan fingerprint density at radius 2 is 2.00 bits per heavy atom. The molecule has 132 valence electrons. The van der Waals surface area contributed by atoms with Crippen molar-refractivity contribution in [3.05, 3.63) is 34.5 Å². The van der Waals surface area contributed by atoms with E-state index in [1.807, 2.05) is 38.4 Å². The number of aromatic nitrogens is 5. The number of fused-ring (bicyclic) bond motifs is 1. The number of nitrogens with one attached hydrogen (secondary N) is 1. The Bertz CT molecular complexity index is 908. The van der Waals surface area contributed by atoms with Gasteiger partial charge in [-0.05, 0) is 50.9 Å². The van der Waals surface area contributed by atoms with E-state index >= 15 is 0 Å². The Morgan fingerprint density at radius 3 is 2.72 bits per heavy atom. The molecule has 8 heteroatoms. The number of hydrogen-bond acceptors (Lipinski definition) is 6. The van der Waals surface area contributed by atoms with E-state index in [1.54, 1.807) is 6.20 Å². The second-order valence-electron chi connectivity index (χ2n) is 5.80. The third kappa shape index (κ3) is 3.72. The van der Waals surface area contributed by atoms with Crippen molar-refractivity contribution in [2.24, 2.45) is 0 Å². The fourth-order valence-electron chi connectivity index (χ4n) is 2.60. The maximum absolute atomic E-state index is 6.12. The van der Waals surface area contributed by atoms with Gasteiger partial charge in [0.15, 0.2) is 5.82 Å². The van der Waals surface area contributed by atoms with Gasteiger partial charge in [0.1, 0.15) is 11.0 Å². The first kappa shape index (κ1) is 17.6. The topological polar surface area (TPSA) is 77.8 Å². The van der Waals surface area contributed by atoms with E-state index in [2.05, 4.69) is 25.4 Å². The van der Waals surface area contributed by atoms with Crippen LogP contribution in [0.5, 0.6) is 0 Å². The summed E-state index contributed by atoms with van der Waals surface area (Å²) < 4.78 is 7.30. The number of halogens is 1. The van der Waals surface area contributed by atoms with Crippen molar-refractivity contribution in [1.29, 1.82) is 0 Å². The highest BCUT2D eigenvalue weighted by molar-refractivity contribution is 6.28. The van der Waals surface area contributed by atoms with Gasteiger partial charge in [-0.15, -0.1) is 0 Å². The first-order valence-corrected chi connectivity index (χ1v) is 8.56. The molecule has 0 aromatic carbocycles. The van der Waals surface area contributed by atoms with Crippen molar-refractivity contribution in [2.45, 2.75) is 34.2 Å². The molecule has 3 aromatic heterocycles. The summed E-state index contributed by atoms with van der Waals surface area (Å²) in [6, 6.07) is 2.03. The van der Waals surface area contributed by atoms with Crippen LogP contribution in [0.3, 0.4) is 0 Å². The summed E-state index contributed by atoms with van der Waals surface area (Å²) in [6.07, 6.45) is 1.78. The maximum atomic E-state index is 6.12. The van der Waals surface area contributed by atoms with Crippen molar-refractivity contribution < 1.29 is 4.74 Å². The molecule has 0 amide bonds. The summed E-state index contributed by atoms with van der Waals surface area (Å²) in [5.41, 5.74) is 5.28. The van der Waals surface area contributed by atoms with Crippen LogP contribution >= 0.6 is 11.6 Å². The van der Waals surface area contributed by atoms with Crippen LogP contribution in [0.2, 0.25) is 5.28 Å². The molecule has 0 aliphatic rings. The van der Waals surface area contributed by atoms with Crippen molar-refractivity contribution in [2.75, 3.05) is 18.5 Å². The molecule has 7 nitrogen and oxygen atoms in total. The number of nitrogens with zero attached hydrogens (tertiary/aromatic N) is 5. The van der Waals surface area contributed by atoms with E-state index in [4.69, 9.17) is 16.3 Å². The smallest absolute Gasteiger partial charge is 0.225 e. The molecule has 0 atom stereocenters. The lowest BCUT2D eigenvalue weighted by Crippen LogP contribution is -2.09. The molecule has 3 heterocycles. The van der Waals surface area contributed by atoms with Gasteiger partial charge in [-0.2, -0.15) is 10.1 Å². The molecule has 25 heavy (non-hydrogen) atoms. The van der Waals surface area contributed by atoms with Gasteiger partial charge in [0.25, 0.3) is 0 Å². The van der Waals surface area contributed by atoms with Gasteiger partial charge in [0.2, 0.25) is 5.28 Å². The van der Waals surface area contributed by atoms with E-state index in [-0.39, 0.29) is 5.28 Å². The number of pyridine rings is 1. The van der Waals surface area contributed by atoms with E-state index in [1.165, 1.54) is 0 Å². The van der Waals surface area contributed by atoms with Gasteiger partial charge >= 0.3 is 0 Å². The summed E-state index contributed by atoms with van der Waals surface area (Å²) in [5.74, 6) is 0.608. The van der Waals surface area contributed by atoms with Crippen LogP contribution in [0.15, 0.2) is 12.3 Å². The summed E-state index contributed by atoms with van der Waals surface area (Å²) in [6.45, 7) is 9.72. The summed E-state index contributed by atoms with van der Waals surface area (Å²) >= 11 is 6.12. The summed E-state index contributed by atoms with van der Waals surface area (Å²) in [5, 5.41) is 8.04. The molecule has 0 aliphatic heterocycles. The number of ether oxygens (including phenoxy) is 1. The molecule has 1 N–H and O–H groups in total. The van der Waals surface area contributed by atoms with E-state index in [0.29, 0.717) is 25.6 Å². The standard InChI is InChI=1S/C17H21ClN6O/c1-5-25-7-6-24-15-14(12(4)23-24)21-17(18)22-16(15)20-13-8-10(2)11(3)19-9-13/h8-9H,5-7H2,1-4H3,(H,20,21,22). The Morgan fingerprint density at radius 1 is 1.20 bits per heavy atom. The molecule has 0 bridgehead atoms. The summed E-state index contributed by atoms with van der Waals surface area (Å²) in [7, 11) is 0. The zero-order valence-electron chi connectivity index (χ0n) is 14.8. The van der Waals surface area contributed by atoms with Gasteiger partial charge in [0, 0.05) is 12.3 Å². The van der Waals surface area contributed by atoms with Crippen LogP contribution in [0.25, 0.3) is 11.0 Å². The first-order chi connectivity index (χ1) is 12.0. The zero-order chi connectivity index (χ0) is 18.0. The largest absolute Gasteiger partial charge is 0.380 e. The molecule has 0 radical (unpaired) electrons. The quantitative estimate of drug-likeness (QED) is 0.534. The van der Waals surface area contributed by atoms with E-state index < -0.39 is 0 Å². The Hall–Kier alpha value is -2.25. The van der Waals surface area contributed by atoms with Crippen LogP contribution in [-0.2, 0) is 11.3 Å². The molecule has 3 aromatic rings. The number of rotatable bonds is 6. The average molecular weight is 361 g/mol. The van der Waals surface area contributed by atoms with Gasteiger partial charge in [-0.25, -0.2) is 4.98 Å². The molecule has 0 fully saturated rings. The normalized spacial score (nSPS) is 11.2. The fraction of sp³-hybridized carbons (Fsp3) is 0.412. The molecular weight excluding hydrogens is 340 g/mol. The SMILES string of the molecule is CCOCCn1nc(C)c2nc(Cl)nc(Nc3cnc(C)c(C)c3)c21. The van der Waals surface area contributed by atoms with Crippen LogP contribution < -0.4 is 5.32 Å². The van der Waals surface area contributed by atoms with Crippen molar-refractivity contribution in [3.8, 4) is 0 Å². The lowest BCUT2D eigenvalue weighted by atomic mass is 10.2. The summed E-state index contributed by atoms with van der Waals surface area (Å²) in [4.78, 5) is 13.1. The van der Waals surface area contributed by atoms with Crippen molar-refractivity contribution in [1.82, 2.24) is 24.7 Å². The van der Waals surface area contributed by atoms with Gasteiger partial charge in [-0.1, -0.05) is 0 Å². The maximum Gasteiger partial charge on any atom is 0.225 e. The highest BCUT2D eigenvalue weighted by Crippen LogP contribution is 2.27. The molecule has 0 aliphatic carbocycles. The van der Waals surface area contributed by atoms with Gasteiger partial charge < -0.3 is 10.1 Å². The van der Waals surface area contributed by atoms with Gasteiger partial charge in [-0.3, -0.25) is 9.67 Å². The molecule has 3 rings (SSSR count). The number of aryl methyl sites for hydroxylation is 3. The number of anilines is 2. The van der Waals surface area contributed by atoms with E-state index in [9.17, 15) is 0 Å². The van der Waals surface area contributed by atoms with E-state index in [0.717, 1.165) is 33.7 Å². The predicted octanol–water partition coefficient (Wildman–Crippen LogP) is 3.58. The molecule has 0 saturated heterocycles. The van der Waals surface area contributed by atoms with Gasteiger partial charge in [0.05, 0.1) is 30.7 Å². The number of hydrogen-bond donors (Lipinski definition) is 1. The van der Waals surface area contributed by atoms with Crippen LogP contribution in [0.1, 0.15) is 23.9 Å². The minimum absolute atomic E-state index is 0.180. The Labute approximate surface area is 151 Å². The fourth-order valence-corrected chi connectivity index (χ4v) is 2.76. The lowest BCUT2D eigenvalue weighted by molar-refractivity contribution is 0.137. The minimum Gasteiger partial charge on any atom is -0.380 e. The highest BCUT2D eigenvalue weighted by atomic mass is 35.5. The average Bonchev–Trinajstić information content (AvgIpc) is 2.87. The molecule has 0 spiro atoms. The monoisotopic (exact) mass is 360 g/mol. The van der Waals surface area contributed by atoms with Crippen molar-refractivity contribution in [3.63, 3.8) is 0 Å². The molecular formula is C17H21ClN6O. The molecule has 0 unspecified atom stereocenters. The minimum atomic E-state index is 0.180. The second kappa shape index (κ2) is 7.33. The van der Waals surface area contributed by atoms with Crippen LogP contribution in [-0.4, -0.2) is 37.9 Å². The predicted molar refractivity (Wildman–Crippen MR) is 98.6 cm³/mol. The van der Waals surface area contributed by atoms with Crippen LogP contribution in [0.4, 0.5) is 11.5 Å².